The van der Waals surface area contributed by atoms with Crippen LogP contribution in [-0.2, 0) is 0 Å². The van der Waals surface area contributed by atoms with Crippen LogP contribution < -0.4 is 10.2 Å². The summed E-state index contributed by atoms with van der Waals surface area (Å²) in [7, 11) is 0. The Morgan fingerprint density at radius 3 is 2.30 bits per heavy atom. The van der Waals surface area contributed by atoms with E-state index in [-0.39, 0.29) is 6.03 Å². The third kappa shape index (κ3) is 6.09. The second kappa shape index (κ2) is 10.3. The van der Waals surface area contributed by atoms with Crippen molar-refractivity contribution < 1.29 is 4.79 Å². The molecule has 112 valence electrons. The zero-order valence-electron chi connectivity index (χ0n) is 12.9. The van der Waals surface area contributed by atoms with Crippen LogP contribution in [0.2, 0.25) is 0 Å². The number of nitrogens with zero attached hydrogens (tertiary/aromatic N) is 1. The highest BCUT2D eigenvalue weighted by Gasteiger charge is 2.14. The molecule has 2 amide bonds. The Hall–Kier alpha value is -1.51. The van der Waals surface area contributed by atoms with Crippen molar-refractivity contribution in [2.24, 2.45) is 0 Å². The minimum absolute atomic E-state index is 0.0309. The number of urea groups is 1. The van der Waals surface area contributed by atoms with Gasteiger partial charge in [-0.15, -0.1) is 0 Å². The summed E-state index contributed by atoms with van der Waals surface area (Å²) in [4.78, 5) is 14.2. The fourth-order valence-electron chi connectivity index (χ4n) is 2.14. The van der Waals surface area contributed by atoms with Crippen LogP contribution >= 0.6 is 0 Å². The second-order valence-corrected chi connectivity index (χ2v) is 5.13. The molecule has 0 aliphatic rings. The first-order valence-corrected chi connectivity index (χ1v) is 7.90. The Morgan fingerprint density at radius 1 is 1.00 bits per heavy atom. The predicted molar refractivity (Wildman–Crippen MR) is 86.2 cm³/mol. The maximum absolute atomic E-state index is 12.3. The van der Waals surface area contributed by atoms with Gasteiger partial charge in [0.2, 0.25) is 0 Å². The topological polar surface area (TPSA) is 32.3 Å². The number of carbonyl (C=O) groups excluding carboxylic acids is 1. The summed E-state index contributed by atoms with van der Waals surface area (Å²) < 4.78 is 0. The predicted octanol–water partition coefficient (Wildman–Crippen LogP) is 4.58. The van der Waals surface area contributed by atoms with Crippen LogP contribution in [0.5, 0.6) is 0 Å². The number of benzene rings is 1. The van der Waals surface area contributed by atoms with E-state index in [0.717, 1.165) is 38.0 Å². The average molecular weight is 276 g/mol. The number of hydrogen-bond acceptors (Lipinski definition) is 1. The molecule has 0 aromatic heterocycles. The average Bonchev–Trinajstić information content (AvgIpc) is 2.49. The molecule has 20 heavy (non-hydrogen) atoms. The molecule has 0 aliphatic carbocycles. The smallest absolute Gasteiger partial charge is 0.321 e. The first-order chi connectivity index (χ1) is 9.79. The van der Waals surface area contributed by atoms with Crippen LogP contribution in [0.1, 0.15) is 52.4 Å². The van der Waals surface area contributed by atoms with Gasteiger partial charge in [-0.05, 0) is 25.0 Å². The van der Waals surface area contributed by atoms with Crippen LogP contribution in [0.4, 0.5) is 10.5 Å². The van der Waals surface area contributed by atoms with Crippen LogP contribution in [0.25, 0.3) is 0 Å². The maximum atomic E-state index is 12.3. The highest BCUT2D eigenvalue weighted by Crippen LogP contribution is 2.14. The normalized spacial score (nSPS) is 10.3. The van der Waals surface area contributed by atoms with Gasteiger partial charge in [0.1, 0.15) is 0 Å². The van der Waals surface area contributed by atoms with Gasteiger partial charge < -0.3 is 5.32 Å². The summed E-state index contributed by atoms with van der Waals surface area (Å²) in [6, 6.07) is 9.96. The first-order valence-electron chi connectivity index (χ1n) is 7.90. The lowest BCUT2D eigenvalue weighted by Gasteiger charge is -2.23. The highest BCUT2D eigenvalue weighted by atomic mass is 16.2. The maximum Gasteiger partial charge on any atom is 0.321 e. The van der Waals surface area contributed by atoms with Crippen molar-refractivity contribution in [2.45, 2.75) is 52.4 Å². The third-order valence-corrected chi connectivity index (χ3v) is 3.35. The Kier molecular flexibility index (Phi) is 8.52. The molecule has 0 bridgehead atoms. The monoisotopic (exact) mass is 276 g/mol. The van der Waals surface area contributed by atoms with E-state index >= 15 is 0 Å². The largest absolute Gasteiger partial charge is 0.338 e. The standard InChI is InChI=1S/C17H28N2O/c1-3-5-10-14-18-17(20)19(15-11-6-4-2)16-12-8-7-9-13-16/h7-9,12-13H,3-6,10-11,14-15H2,1-2H3,(H,18,20). The van der Waals surface area contributed by atoms with Crippen LogP contribution in [0.15, 0.2) is 30.3 Å². The number of hydrogen-bond donors (Lipinski definition) is 1. The molecule has 0 atom stereocenters. The molecule has 0 unspecified atom stereocenters. The molecule has 0 aliphatic heterocycles. The van der Waals surface area contributed by atoms with Gasteiger partial charge in [0, 0.05) is 18.8 Å². The second-order valence-electron chi connectivity index (χ2n) is 5.13. The van der Waals surface area contributed by atoms with E-state index in [1.165, 1.54) is 19.3 Å². The van der Waals surface area contributed by atoms with Crippen LogP contribution in [0.3, 0.4) is 0 Å². The summed E-state index contributed by atoms with van der Waals surface area (Å²) in [5.74, 6) is 0. The molecule has 3 heteroatoms. The van der Waals surface area contributed by atoms with Gasteiger partial charge in [-0.2, -0.15) is 0 Å². The van der Waals surface area contributed by atoms with E-state index < -0.39 is 0 Å². The summed E-state index contributed by atoms with van der Waals surface area (Å²) in [5.41, 5.74) is 0.983. The number of carbonyl (C=O) groups is 1. The van der Waals surface area contributed by atoms with Crippen molar-refractivity contribution in [1.29, 1.82) is 0 Å². The van der Waals surface area contributed by atoms with Crippen molar-refractivity contribution in [3.8, 4) is 0 Å². The fraction of sp³-hybridized carbons (Fsp3) is 0.588. The molecule has 3 nitrogen and oxygen atoms in total. The lowest BCUT2D eigenvalue weighted by molar-refractivity contribution is 0.246. The highest BCUT2D eigenvalue weighted by molar-refractivity contribution is 5.91. The molecule has 1 N–H and O–H groups in total. The SMILES string of the molecule is CCCCCNC(=O)N(CCCCC)c1ccccc1. The number of para-hydroxylation sites is 1. The van der Waals surface area contributed by atoms with Gasteiger partial charge in [-0.3, -0.25) is 4.90 Å². The molecule has 0 saturated carbocycles. The van der Waals surface area contributed by atoms with E-state index in [1.807, 2.05) is 35.2 Å². The zero-order valence-corrected chi connectivity index (χ0v) is 12.9. The Bertz CT molecular complexity index is 365. The molecule has 0 fully saturated rings. The van der Waals surface area contributed by atoms with Crippen molar-refractivity contribution in [1.82, 2.24) is 5.32 Å². The molecule has 0 spiro atoms. The Morgan fingerprint density at radius 2 is 1.65 bits per heavy atom. The molecule has 1 aromatic carbocycles. The molecular weight excluding hydrogens is 248 g/mol. The van der Waals surface area contributed by atoms with Crippen molar-refractivity contribution in [3.63, 3.8) is 0 Å². The van der Waals surface area contributed by atoms with Crippen molar-refractivity contribution in [2.75, 3.05) is 18.0 Å². The lowest BCUT2D eigenvalue weighted by atomic mass is 10.2. The molecular formula is C17H28N2O. The van der Waals surface area contributed by atoms with E-state index in [4.69, 9.17) is 0 Å². The Labute approximate surface area is 123 Å². The Balaban J connectivity index is 2.55. The molecule has 1 rings (SSSR count). The molecule has 0 radical (unpaired) electrons. The minimum atomic E-state index is 0.0309. The van der Waals surface area contributed by atoms with Gasteiger partial charge in [-0.25, -0.2) is 4.79 Å². The number of rotatable bonds is 9. The summed E-state index contributed by atoms with van der Waals surface area (Å²) >= 11 is 0. The van der Waals surface area contributed by atoms with Gasteiger partial charge in [-0.1, -0.05) is 57.7 Å². The molecule has 0 saturated heterocycles. The van der Waals surface area contributed by atoms with Gasteiger partial charge in [0.05, 0.1) is 0 Å². The van der Waals surface area contributed by atoms with E-state index in [0.29, 0.717) is 0 Å². The number of amides is 2. The van der Waals surface area contributed by atoms with Crippen molar-refractivity contribution >= 4 is 11.7 Å². The van der Waals surface area contributed by atoms with Gasteiger partial charge in [0.25, 0.3) is 0 Å². The van der Waals surface area contributed by atoms with E-state index in [1.54, 1.807) is 0 Å². The van der Waals surface area contributed by atoms with Gasteiger partial charge in [0.15, 0.2) is 0 Å². The number of unbranched alkanes of at least 4 members (excludes halogenated alkanes) is 4. The summed E-state index contributed by atoms with van der Waals surface area (Å²) in [6.07, 6.45) is 6.77. The van der Waals surface area contributed by atoms with E-state index in [9.17, 15) is 4.79 Å². The summed E-state index contributed by atoms with van der Waals surface area (Å²) in [5, 5.41) is 3.03. The van der Waals surface area contributed by atoms with Gasteiger partial charge >= 0.3 is 6.03 Å². The molecule has 0 heterocycles. The lowest BCUT2D eigenvalue weighted by Crippen LogP contribution is -2.41. The third-order valence-electron chi connectivity index (χ3n) is 3.35. The van der Waals surface area contributed by atoms with E-state index in [2.05, 4.69) is 19.2 Å². The number of nitrogens with one attached hydrogen (secondary N) is 1. The summed E-state index contributed by atoms with van der Waals surface area (Å²) in [6.45, 7) is 5.90. The minimum Gasteiger partial charge on any atom is -0.338 e. The van der Waals surface area contributed by atoms with Crippen LogP contribution in [0, 0.1) is 0 Å². The first kappa shape index (κ1) is 16.5. The zero-order chi connectivity index (χ0) is 14.6. The quantitative estimate of drug-likeness (QED) is 0.658. The fourth-order valence-corrected chi connectivity index (χ4v) is 2.14. The number of anilines is 1. The van der Waals surface area contributed by atoms with Crippen molar-refractivity contribution in [3.05, 3.63) is 30.3 Å². The molecule has 1 aromatic rings. The van der Waals surface area contributed by atoms with Crippen LogP contribution in [-0.4, -0.2) is 19.1 Å².